The molecule has 11 nitrogen and oxygen atoms in total. The highest BCUT2D eigenvalue weighted by molar-refractivity contribution is 7.93. The number of aromatic nitrogens is 2. The van der Waals surface area contributed by atoms with Crippen LogP contribution < -0.4 is 15.0 Å². The van der Waals surface area contributed by atoms with Crippen LogP contribution in [0.1, 0.15) is 39.7 Å². The van der Waals surface area contributed by atoms with Gasteiger partial charge in [0, 0.05) is 12.2 Å². The van der Waals surface area contributed by atoms with Crippen molar-refractivity contribution in [3.8, 4) is 16.3 Å². The number of fused-ring (bicyclic) bond motifs is 1. The molecule has 198 valence electrons. The van der Waals surface area contributed by atoms with E-state index in [0.29, 0.717) is 11.3 Å². The SMILES string of the molecule is CC(C)CCn1nc(-c2cccs2)c(O)c(C2=Nc3ccc(NS(=O)(=O)C(C)C)cc3S(=O)(=O)N2)c1=O. The molecule has 0 saturated carbocycles. The third-order valence-corrected chi connectivity index (χ3v) is 9.64. The van der Waals surface area contributed by atoms with E-state index in [2.05, 4.69) is 19.5 Å². The van der Waals surface area contributed by atoms with E-state index in [1.165, 1.54) is 42.0 Å². The molecule has 37 heavy (non-hydrogen) atoms. The Bertz CT molecular complexity index is 1640. The van der Waals surface area contributed by atoms with Gasteiger partial charge in [-0.1, -0.05) is 19.9 Å². The van der Waals surface area contributed by atoms with Crippen molar-refractivity contribution in [3.63, 3.8) is 0 Å². The van der Waals surface area contributed by atoms with Gasteiger partial charge in [-0.2, -0.15) is 5.10 Å². The van der Waals surface area contributed by atoms with E-state index >= 15 is 0 Å². The lowest BCUT2D eigenvalue weighted by Crippen LogP contribution is -2.39. The smallest absolute Gasteiger partial charge is 0.281 e. The second kappa shape index (κ2) is 9.91. The highest BCUT2D eigenvalue weighted by Crippen LogP contribution is 2.35. The number of hydrogen-bond donors (Lipinski definition) is 3. The van der Waals surface area contributed by atoms with Crippen LogP contribution in [0.5, 0.6) is 5.75 Å². The largest absolute Gasteiger partial charge is 0.505 e. The number of nitrogens with zero attached hydrogens (tertiary/aromatic N) is 3. The van der Waals surface area contributed by atoms with Gasteiger partial charge in [0.25, 0.3) is 15.6 Å². The number of sulfonamides is 2. The lowest BCUT2D eigenvalue weighted by molar-refractivity contribution is 0.444. The Morgan fingerprint density at radius 1 is 1.19 bits per heavy atom. The van der Waals surface area contributed by atoms with Gasteiger partial charge in [-0.15, -0.1) is 11.3 Å². The fourth-order valence-electron chi connectivity index (χ4n) is 3.49. The second-order valence-electron chi connectivity index (χ2n) is 9.20. The molecule has 1 aliphatic rings. The van der Waals surface area contributed by atoms with Gasteiger partial charge in [0.2, 0.25) is 10.0 Å². The average molecular weight is 566 g/mol. The maximum Gasteiger partial charge on any atom is 0.281 e. The first-order chi connectivity index (χ1) is 17.3. The molecule has 3 heterocycles. The van der Waals surface area contributed by atoms with Crippen LogP contribution in [0.25, 0.3) is 10.6 Å². The van der Waals surface area contributed by atoms with Gasteiger partial charge in [0.15, 0.2) is 11.6 Å². The molecule has 0 radical (unpaired) electrons. The molecule has 2 aromatic heterocycles. The normalized spacial score (nSPS) is 14.8. The molecule has 14 heteroatoms. The lowest BCUT2D eigenvalue weighted by Gasteiger charge is -2.21. The minimum absolute atomic E-state index is 0.0109. The molecule has 4 rings (SSSR count). The van der Waals surface area contributed by atoms with Gasteiger partial charge in [-0.25, -0.2) is 26.5 Å². The number of hydrogen-bond acceptors (Lipinski definition) is 9. The fourth-order valence-corrected chi connectivity index (χ4v) is 6.07. The van der Waals surface area contributed by atoms with E-state index in [4.69, 9.17) is 0 Å². The van der Waals surface area contributed by atoms with Gasteiger partial charge >= 0.3 is 0 Å². The molecule has 0 fully saturated rings. The van der Waals surface area contributed by atoms with E-state index in [9.17, 15) is 26.7 Å². The summed E-state index contributed by atoms with van der Waals surface area (Å²) < 4.78 is 56.6. The van der Waals surface area contributed by atoms with E-state index in [0.717, 1.165) is 6.07 Å². The van der Waals surface area contributed by atoms with Gasteiger partial charge in [0.1, 0.15) is 16.2 Å². The molecule has 0 aliphatic carbocycles. The third kappa shape index (κ3) is 5.40. The van der Waals surface area contributed by atoms with Crippen LogP contribution in [0, 0.1) is 5.92 Å². The minimum Gasteiger partial charge on any atom is -0.505 e. The monoisotopic (exact) mass is 565 g/mol. The first-order valence-corrected chi connectivity index (χ1v) is 15.4. The van der Waals surface area contributed by atoms with Crippen LogP contribution >= 0.6 is 11.3 Å². The zero-order valence-electron chi connectivity index (χ0n) is 20.6. The summed E-state index contributed by atoms with van der Waals surface area (Å²) in [7, 11) is -7.98. The Morgan fingerprint density at radius 3 is 2.54 bits per heavy atom. The number of aliphatic imine (C=N–C) groups is 1. The molecule has 0 bridgehead atoms. The number of amidine groups is 1. The second-order valence-corrected chi connectivity index (χ2v) is 14.0. The Labute approximate surface area is 219 Å². The van der Waals surface area contributed by atoms with Crippen molar-refractivity contribution < 1.29 is 21.9 Å². The predicted octanol–water partition coefficient (Wildman–Crippen LogP) is 3.24. The Morgan fingerprint density at radius 2 is 1.92 bits per heavy atom. The van der Waals surface area contributed by atoms with Crippen molar-refractivity contribution in [2.45, 2.75) is 50.8 Å². The molecule has 1 aliphatic heterocycles. The van der Waals surface area contributed by atoms with E-state index in [-0.39, 0.29) is 45.8 Å². The topological polar surface area (TPSA) is 160 Å². The van der Waals surface area contributed by atoms with Crippen LogP contribution in [0.4, 0.5) is 11.4 Å². The first-order valence-electron chi connectivity index (χ1n) is 11.5. The van der Waals surface area contributed by atoms with Crippen molar-refractivity contribution in [3.05, 3.63) is 51.6 Å². The maximum atomic E-state index is 13.4. The van der Waals surface area contributed by atoms with Crippen LogP contribution in [0.3, 0.4) is 0 Å². The standard InChI is InChI=1S/C23H27N5O6S3/c1-13(2)9-10-28-23(30)19(21(29)20(25-28)17-6-5-11-35-17)22-24-16-8-7-15(26-36(31,32)14(3)4)12-18(16)37(33,34)27-22/h5-8,11-14,26,29H,9-10H2,1-4H3,(H,24,27). The van der Waals surface area contributed by atoms with Crippen molar-refractivity contribution in [1.82, 2.24) is 14.5 Å². The number of thiophene rings is 1. The molecule has 0 saturated heterocycles. The molecule has 3 aromatic rings. The van der Waals surface area contributed by atoms with Crippen molar-refractivity contribution >= 4 is 48.6 Å². The molecule has 0 amide bonds. The number of aryl methyl sites for hydroxylation is 1. The Hall–Kier alpha value is -3.23. The lowest BCUT2D eigenvalue weighted by atomic mass is 10.1. The van der Waals surface area contributed by atoms with Gasteiger partial charge < -0.3 is 5.11 Å². The summed E-state index contributed by atoms with van der Waals surface area (Å²) in [5, 5.41) is 16.5. The molecule has 0 spiro atoms. The summed E-state index contributed by atoms with van der Waals surface area (Å²) in [4.78, 5) is 18.0. The third-order valence-electron chi connectivity index (χ3n) is 5.63. The zero-order valence-corrected chi connectivity index (χ0v) is 23.0. The number of aromatic hydroxyl groups is 1. The zero-order chi connectivity index (χ0) is 27.1. The van der Waals surface area contributed by atoms with Gasteiger partial charge in [0.05, 0.1) is 15.8 Å². The molecule has 0 atom stereocenters. The Balaban J connectivity index is 1.87. The summed E-state index contributed by atoms with van der Waals surface area (Å²) in [5.41, 5.74) is -0.826. The summed E-state index contributed by atoms with van der Waals surface area (Å²) in [5.74, 6) is -0.556. The quantitative estimate of drug-likeness (QED) is 0.378. The minimum atomic E-state index is -4.27. The summed E-state index contributed by atoms with van der Waals surface area (Å²) in [6.07, 6.45) is 0.636. The summed E-state index contributed by atoms with van der Waals surface area (Å²) in [6, 6.07) is 7.37. The van der Waals surface area contributed by atoms with Crippen LogP contribution in [0.2, 0.25) is 0 Å². The molecule has 3 N–H and O–H groups in total. The number of anilines is 1. The van der Waals surface area contributed by atoms with Crippen molar-refractivity contribution in [2.24, 2.45) is 10.9 Å². The highest BCUT2D eigenvalue weighted by atomic mass is 32.2. The maximum absolute atomic E-state index is 13.4. The number of benzene rings is 1. The summed E-state index contributed by atoms with van der Waals surface area (Å²) >= 11 is 1.31. The van der Waals surface area contributed by atoms with Crippen LogP contribution in [-0.2, 0) is 26.6 Å². The van der Waals surface area contributed by atoms with Gasteiger partial charge in [-0.05, 0) is 55.8 Å². The fraction of sp³-hybridized carbons (Fsp3) is 0.348. The molecule has 0 unspecified atom stereocenters. The number of rotatable bonds is 8. The molecular formula is C23H27N5O6S3. The number of nitrogens with one attached hydrogen (secondary N) is 2. The van der Waals surface area contributed by atoms with E-state index in [1.54, 1.807) is 17.5 Å². The average Bonchev–Trinajstić information content (AvgIpc) is 3.33. The molecule has 1 aromatic carbocycles. The molecular weight excluding hydrogens is 538 g/mol. The van der Waals surface area contributed by atoms with Crippen molar-refractivity contribution in [2.75, 3.05) is 4.72 Å². The van der Waals surface area contributed by atoms with Crippen molar-refractivity contribution in [1.29, 1.82) is 0 Å². The van der Waals surface area contributed by atoms with E-state index < -0.39 is 36.6 Å². The van der Waals surface area contributed by atoms with Crippen LogP contribution in [0.15, 0.2) is 50.4 Å². The Kier molecular flexibility index (Phi) is 7.18. The van der Waals surface area contributed by atoms with E-state index in [1.807, 2.05) is 13.8 Å². The van der Waals surface area contributed by atoms with Gasteiger partial charge in [-0.3, -0.25) is 14.2 Å². The predicted molar refractivity (Wildman–Crippen MR) is 144 cm³/mol. The van der Waals surface area contributed by atoms with Crippen LogP contribution in [-0.4, -0.2) is 42.8 Å². The highest BCUT2D eigenvalue weighted by Gasteiger charge is 2.32. The first kappa shape index (κ1) is 26.8. The summed E-state index contributed by atoms with van der Waals surface area (Å²) in [6.45, 7) is 7.25.